The maximum atomic E-state index is 12.2. The normalized spacial score (nSPS) is 20.0. The summed E-state index contributed by atoms with van der Waals surface area (Å²) in [5, 5.41) is 6.42. The van der Waals surface area contributed by atoms with Crippen molar-refractivity contribution < 1.29 is 9.59 Å². The number of amides is 1. The van der Waals surface area contributed by atoms with Crippen LogP contribution in [-0.4, -0.2) is 30.3 Å². The van der Waals surface area contributed by atoms with Gasteiger partial charge in [0, 0.05) is 30.5 Å². The Labute approximate surface area is 157 Å². The molecule has 0 radical (unpaired) electrons. The molecule has 4 nitrogen and oxygen atoms in total. The first-order valence-electron chi connectivity index (χ1n) is 9.09. The van der Waals surface area contributed by atoms with Crippen LogP contribution >= 0.6 is 12.4 Å². The molecule has 0 bridgehead atoms. The number of halogens is 1. The quantitative estimate of drug-likeness (QED) is 0.726. The van der Waals surface area contributed by atoms with Crippen molar-refractivity contribution in [2.45, 2.75) is 65.0 Å². The Bertz CT molecular complexity index is 557. The molecular formula is C20H31ClN2O2. The van der Waals surface area contributed by atoms with E-state index in [-0.39, 0.29) is 43.0 Å². The minimum Gasteiger partial charge on any atom is -0.353 e. The smallest absolute Gasteiger partial charge is 0.220 e. The van der Waals surface area contributed by atoms with Crippen LogP contribution in [0.1, 0.15) is 62.4 Å². The number of carbonyl (C=O) groups excluding carboxylic acids is 2. The lowest BCUT2D eigenvalue weighted by Crippen LogP contribution is -2.46. The zero-order chi connectivity index (χ0) is 17.5. The maximum absolute atomic E-state index is 12.2. The number of nitrogens with one attached hydrogen (secondary N) is 2. The van der Waals surface area contributed by atoms with Crippen molar-refractivity contribution in [2.75, 3.05) is 6.54 Å². The highest BCUT2D eigenvalue weighted by atomic mass is 35.5. The van der Waals surface area contributed by atoms with Gasteiger partial charge >= 0.3 is 0 Å². The molecule has 140 valence electrons. The molecule has 1 saturated heterocycles. The number of carbonyl (C=O) groups is 2. The van der Waals surface area contributed by atoms with Gasteiger partial charge in [-0.05, 0) is 44.2 Å². The van der Waals surface area contributed by atoms with Crippen molar-refractivity contribution in [2.24, 2.45) is 5.92 Å². The second-order valence-electron chi connectivity index (χ2n) is 7.36. The highest BCUT2D eigenvalue weighted by molar-refractivity contribution is 5.98. The van der Waals surface area contributed by atoms with E-state index in [1.807, 2.05) is 24.3 Å². The van der Waals surface area contributed by atoms with Gasteiger partial charge in [-0.2, -0.15) is 0 Å². The van der Waals surface area contributed by atoms with E-state index < -0.39 is 0 Å². The molecule has 1 aromatic carbocycles. The number of hydrogen-bond donors (Lipinski definition) is 2. The first kappa shape index (κ1) is 21.7. The summed E-state index contributed by atoms with van der Waals surface area (Å²) >= 11 is 0. The van der Waals surface area contributed by atoms with Crippen LogP contribution in [-0.2, 0) is 11.2 Å². The summed E-state index contributed by atoms with van der Waals surface area (Å²) in [4.78, 5) is 24.3. The Kier molecular flexibility index (Phi) is 9.15. The number of Topliss-reactive ketones (excluding diaryl/α,β-unsaturated/α-hetero) is 1. The summed E-state index contributed by atoms with van der Waals surface area (Å²) in [7, 11) is 0. The van der Waals surface area contributed by atoms with Gasteiger partial charge in [0.25, 0.3) is 0 Å². The molecule has 0 aromatic heterocycles. The molecule has 2 atom stereocenters. The third-order valence-corrected chi connectivity index (χ3v) is 4.49. The lowest BCUT2D eigenvalue weighted by atomic mass is 9.99. The second-order valence-corrected chi connectivity index (χ2v) is 7.36. The molecule has 1 aliphatic heterocycles. The van der Waals surface area contributed by atoms with E-state index in [0.29, 0.717) is 17.5 Å². The van der Waals surface area contributed by atoms with Gasteiger partial charge in [-0.25, -0.2) is 0 Å². The lowest BCUT2D eigenvalue weighted by Gasteiger charge is -2.28. The molecule has 1 aliphatic rings. The molecule has 2 rings (SSSR count). The van der Waals surface area contributed by atoms with Gasteiger partial charge in [-0.15, -0.1) is 12.4 Å². The van der Waals surface area contributed by atoms with Gasteiger partial charge < -0.3 is 10.6 Å². The Hall–Kier alpha value is -1.39. The summed E-state index contributed by atoms with van der Waals surface area (Å²) in [6, 6.07) is 8.47. The number of piperidine rings is 1. The molecule has 2 unspecified atom stereocenters. The van der Waals surface area contributed by atoms with Gasteiger partial charge in [0.15, 0.2) is 5.78 Å². The fourth-order valence-electron chi connectivity index (χ4n) is 3.23. The lowest BCUT2D eigenvalue weighted by molar-refractivity contribution is -0.122. The van der Waals surface area contributed by atoms with Crippen LogP contribution < -0.4 is 10.6 Å². The second kappa shape index (κ2) is 10.6. The maximum Gasteiger partial charge on any atom is 0.220 e. The third-order valence-electron chi connectivity index (χ3n) is 4.49. The Morgan fingerprint density at radius 3 is 2.48 bits per heavy atom. The minimum absolute atomic E-state index is 0. The molecule has 0 aliphatic carbocycles. The molecule has 2 N–H and O–H groups in total. The molecule has 1 aromatic rings. The van der Waals surface area contributed by atoms with Crippen LogP contribution in [0.5, 0.6) is 0 Å². The van der Waals surface area contributed by atoms with E-state index in [4.69, 9.17) is 0 Å². The van der Waals surface area contributed by atoms with Gasteiger partial charge in [-0.1, -0.05) is 38.1 Å². The van der Waals surface area contributed by atoms with Crippen molar-refractivity contribution in [3.63, 3.8) is 0 Å². The van der Waals surface area contributed by atoms with Crippen LogP contribution in [0, 0.1) is 5.92 Å². The van der Waals surface area contributed by atoms with Crippen molar-refractivity contribution >= 4 is 24.1 Å². The SMILES string of the molecule is CC(C)Cc1ccc(C(=O)CCC(=O)NC2CCNC(C)C2)cc1.Cl. The first-order chi connectivity index (χ1) is 11.4. The Balaban J connectivity index is 0.00000312. The van der Waals surface area contributed by atoms with Crippen LogP contribution in [0.4, 0.5) is 0 Å². The standard InChI is InChI=1S/C20H30N2O2.ClH/c1-14(2)12-16-4-6-17(7-5-16)19(23)8-9-20(24)22-18-10-11-21-15(3)13-18;/h4-7,14-15,18,21H,8-13H2,1-3H3,(H,22,24);1H. The summed E-state index contributed by atoms with van der Waals surface area (Å²) < 4.78 is 0. The molecule has 1 fully saturated rings. The summed E-state index contributed by atoms with van der Waals surface area (Å²) in [5.41, 5.74) is 1.95. The van der Waals surface area contributed by atoms with E-state index >= 15 is 0 Å². The van der Waals surface area contributed by atoms with Gasteiger partial charge in [0.1, 0.15) is 0 Å². The number of ketones is 1. The number of hydrogen-bond acceptors (Lipinski definition) is 3. The van der Waals surface area contributed by atoms with Crippen LogP contribution in [0.15, 0.2) is 24.3 Å². The van der Waals surface area contributed by atoms with Gasteiger partial charge in [-0.3, -0.25) is 9.59 Å². The monoisotopic (exact) mass is 366 g/mol. The topological polar surface area (TPSA) is 58.2 Å². The predicted molar refractivity (Wildman–Crippen MR) is 104 cm³/mol. The van der Waals surface area contributed by atoms with Crippen molar-refractivity contribution in [1.29, 1.82) is 0 Å². The predicted octanol–water partition coefficient (Wildman–Crippen LogP) is 3.53. The molecule has 25 heavy (non-hydrogen) atoms. The number of benzene rings is 1. The molecule has 1 heterocycles. The average Bonchev–Trinajstić information content (AvgIpc) is 2.53. The van der Waals surface area contributed by atoms with Gasteiger partial charge in [0.2, 0.25) is 5.91 Å². The van der Waals surface area contributed by atoms with Crippen molar-refractivity contribution in [1.82, 2.24) is 10.6 Å². The summed E-state index contributed by atoms with van der Waals surface area (Å²) in [6.45, 7) is 7.43. The first-order valence-corrected chi connectivity index (χ1v) is 9.09. The fraction of sp³-hybridized carbons (Fsp3) is 0.600. The van der Waals surface area contributed by atoms with E-state index in [9.17, 15) is 9.59 Å². The highest BCUT2D eigenvalue weighted by Crippen LogP contribution is 2.13. The summed E-state index contributed by atoms with van der Waals surface area (Å²) in [5.74, 6) is 0.631. The molecule has 0 saturated carbocycles. The number of rotatable bonds is 7. The fourth-order valence-corrected chi connectivity index (χ4v) is 3.23. The zero-order valence-corrected chi connectivity index (χ0v) is 16.3. The largest absolute Gasteiger partial charge is 0.353 e. The highest BCUT2D eigenvalue weighted by Gasteiger charge is 2.20. The summed E-state index contributed by atoms with van der Waals surface area (Å²) in [6.07, 6.45) is 3.48. The van der Waals surface area contributed by atoms with E-state index in [1.54, 1.807) is 0 Å². The third kappa shape index (κ3) is 7.57. The molecule has 1 amide bonds. The minimum atomic E-state index is -0.0149. The van der Waals surface area contributed by atoms with Crippen molar-refractivity contribution in [3.05, 3.63) is 35.4 Å². The average molecular weight is 367 g/mol. The van der Waals surface area contributed by atoms with Crippen molar-refractivity contribution in [3.8, 4) is 0 Å². The van der Waals surface area contributed by atoms with E-state index in [2.05, 4.69) is 31.4 Å². The molecule has 0 spiro atoms. The molecular weight excluding hydrogens is 336 g/mol. The Morgan fingerprint density at radius 2 is 1.88 bits per heavy atom. The van der Waals surface area contributed by atoms with Crippen LogP contribution in [0.2, 0.25) is 0 Å². The molecule has 5 heteroatoms. The van der Waals surface area contributed by atoms with E-state index in [0.717, 1.165) is 25.8 Å². The van der Waals surface area contributed by atoms with E-state index in [1.165, 1.54) is 5.56 Å². The Morgan fingerprint density at radius 1 is 1.20 bits per heavy atom. The van der Waals surface area contributed by atoms with Crippen LogP contribution in [0.3, 0.4) is 0 Å². The van der Waals surface area contributed by atoms with Crippen LogP contribution in [0.25, 0.3) is 0 Å². The zero-order valence-electron chi connectivity index (χ0n) is 15.5. The van der Waals surface area contributed by atoms with Gasteiger partial charge in [0.05, 0.1) is 0 Å².